The summed E-state index contributed by atoms with van der Waals surface area (Å²) in [6.07, 6.45) is 2.94. The van der Waals surface area contributed by atoms with Crippen molar-refractivity contribution in [3.8, 4) is 0 Å². The molecule has 1 saturated heterocycles. The van der Waals surface area contributed by atoms with Gasteiger partial charge in [-0.05, 0) is 11.0 Å². The van der Waals surface area contributed by atoms with Crippen LogP contribution < -0.4 is 5.32 Å². The fraction of sp³-hybridized carbons (Fsp3) is 0.450. The Morgan fingerprint density at radius 1 is 1.15 bits per heavy atom. The number of carbonyl (C=O) groups excluding carboxylic acids is 1. The van der Waals surface area contributed by atoms with Crippen LogP contribution >= 0.6 is 0 Å². The molecule has 1 amide bonds. The summed E-state index contributed by atoms with van der Waals surface area (Å²) in [6.45, 7) is 7.48. The molecular weight excluding hydrogens is 328 g/mol. The Kier molecular flexibility index (Phi) is 5.23. The van der Waals surface area contributed by atoms with Crippen LogP contribution in [-0.4, -0.2) is 47.0 Å². The minimum Gasteiger partial charge on any atom is -0.366 e. The van der Waals surface area contributed by atoms with Gasteiger partial charge in [0.25, 0.3) is 5.91 Å². The summed E-state index contributed by atoms with van der Waals surface area (Å²) in [5, 5.41) is 2.86. The first kappa shape index (κ1) is 18.3. The number of hydrogen-bond acceptors (Lipinski definition) is 5. The fourth-order valence-electron chi connectivity index (χ4n) is 3.00. The number of ether oxygens (including phenoxy) is 1. The number of nitrogens with zero attached hydrogens (tertiary/aromatic N) is 3. The Hall–Kier alpha value is -2.47. The van der Waals surface area contributed by atoms with E-state index in [4.69, 9.17) is 4.74 Å². The van der Waals surface area contributed by atoms with Crippen LogP contribution in [0.5, 0.6) is 0 Å². The number of aromatic nitrogens is 2. The molecule has 2 heterocycles. The maximum absolute atomic E-state index is 13.0. The number of hydrogen-bond donors (Lipinski definition) is 1. The lowest BCUT2D eigenvalue weighted by Crippen LogP contribution is -2.51. The van der Waals surface area contributed by atoms with Gasteiger partial charge >= 0.3 is 0 Å². The van der Waals surface area contributed by atoms with Gasteiger partial charge in [-0.15, -0.1) is 0 Å². The van der Waals surface area contributed by atoms with Gasteiger partial charge in [-0.3, -0.25) is 4.79 Å². The predicted octanol–water partition coefficient (Wildman–Crippen LogP) is 3.15. The Morgan fingerprint density at radius 2 is 1.81 bits per heavy atom. The van der Waals surface area contributed by atoms with Gasteiger partial charge in [0.15, 0.2) is 0 Å². The fourth-order valence-corrected chi connectivity index (χ4v) is 3.00. The summed E-state index contributed by atoms with van der Waals surface area (Å²) in [4.78, 5) is 23.2. The zero-order valence-electron chi connectivity index (χ0n) is 15.8. The summed E-state index contributed by atoms with van der Waals surface area (Å²) in [6, 6.07) is 10.1. The molecule has 1 aliphatic heterocycles. The Bertz CT molecular complexity index is 741. The van der Waals surface area contributed by atoms with Crippen LogP contribution in [0.1, 0.15) is 42.8 Å². The molecule has 6 nitrogen and oxygen atoms in total. The van der Waals surface area contributed by atoms with E-state index in [2.05, 4.69) is 36.1 Å². The summed E-state index contributed by atoms with van der Waals surface area (Å²) in [5.74, 6) is 0.435. The molecule has 0 saturated carbocycles. The standard InChI is InChI=1S/C20H26N4O2/c1-20(2,3)17-13-24(12-16(26-17)14-8-6-5-7-9-14)18(25)15-10-22-19(21-4)23-11-15/h5-11,16-17H,12-13H2,1-4H3,(H,21,22,23). The van der Waals surface area contributed by atoms with Crippen molar-refractivity contribution in [2.45, 2.75) is 33.0 Å². The third-order valence-corrected chi connectivity index (χ3v) is 4.65. The van der Waals surface area contributed by atoms with E-state index in [1.54, 1.807) is 19.4 Å². The molecule has 2 atom stereocenters. The van der Waals surface area contributed by atoms with Gasteiger partial charge in [0.1, 0.15) is 6.10 Å². The van der Waals surface area contributed by atoms with Gasteiger partial charge in [-0.25, -0.2) is 9.97 Å². The highest BCUT2D eigenvalue weighted by Gasteiger charge is 2.37. The molecule has 2 aromatic rings. The third-order valence-electron chi connectivity index (χ3n) is 4.65. The van der Waals surface area contributed by atoms with Gasteiger partial charge in [0, 0.05) is 26.0 Å². The van der Waals surface area contributed by atoms with Gasteiger partial charge in [-0.2, -0.15) is 0 Å². The quantitative estimate of drug-likeness (QED) is 0.917. The van der Waals surface area contributed by atoms with Crippen molar-refractivity contribution in [3.63, 3.8) is 0 Å². The summed E-state index contributed by atoms with van der Waals surface area (Å²) < 4.78 is 6.35. The summed E-state index contributed by atoms with van der Waals surface area (Å²) in [5.41, 5.74) is 1.50. The van der Waals surface area contributed by atoms with Crippen LogP contribution in [0.4, 0.5) is 5.95 Å². The van der Waals surface area contributed by atoms with E-state index in [0.717, 1.165) is 5.56 Å². The highest BCUT2D eigenvalue weighted by atomic mass is 16.5. The molecular formula is C20H26N4O2. The summed E-state index contributed by atoms with van der Waals surface area (Å²) in [7, 11) is 1.75. The van der Waals surface area contributed by atoms with Crippen LogP contribution in [0.2, 0.25) is 0 Å². The van der Waals surface area contributed by atoms with Crippen LogP contribution in [-0.2, 0) is 4.74 Å². The number of nitrogens with one attached hydrogen (secondary N) is 1. The van der Waals surface area contributed by atoms with Gasteiger partial charge in [0.05, 0.1) is 18.2 Å². The van der Waals surface area contributed by atoms with E-state index < -0.39 is 0 Å². The molecule has 0 spiro atoms. The predicted molar refractivity (Wildman–Crippen MR) is 101 cm³/mol. The SMILES string of the molecule is CNc1ncc(C(=O)N2CC(c3ccccc3)OC(C(C)(C)C)C2)cn1. The van der Waals surface area contributed by atoms with Crippen LogP contribution in [0.3, 0.4) is 0 Å². The molecule has 1 aliphatic rings. The van der Waals surface area contributed by atoms with Crippen LogP contribution in [0, 0.1) is 5.41 Å². The molecule has 0 aliphatic carbocycles. The number of amides is 1. The highest BCUT2D eigenvalue weighted by Crippen LogP contribution is 2.33. The van der Waals surface area contributed by atoms with Crippen molar-refractivity contribution in [2.75, 3.05) is 25.5 Å². The van der Waals surface area contributed by atoms with E-state index in [-0.39, 0.29) is 23.5 Å². The average molecular weight is 354 g/mol. The molecule has 26 heavy (non-hydrogen) atoms. The smallest absolute Gasteiger partial charge is 0.257 e. The molecule has 2 unspecified atom stereocenters. The van der Waals surface area contributed by atoms with Crippen molar-refractivity contribution in [3.05, 3.63) is 53.9 Å². The zero-order valence-corrected chi connectivity index (χ0v) is 15.8. The molecule has 1 aromatic carbocycles. The van der Waals surface area contributed by atoms with Crippen molar-refractivity contribution in [1.29, 1.82) is 0 Å². The van der Waals surface area contributed by atoms with Crippen molar-refractivity contribution < 1.29 is 9.53 Å². The van der Waals surface area contributed by atoms with Crippen molar-refractivity contribution >= 4 is 11.9 Å². The first-order chi connectivity index (χ1) is 12.4. The zero-order chi connectivity index (χ0) is 18.7. The second-order valence-corrected chi connectivity index (χ2v) is 7.65. The maximum Gasteiger partial charge on any atom is 0.257 e. The highest BCUT2D eigenvalue weighted by molar-refractivity contribution is 5.93. The Morgan fingerprint density at radius 3 is 2.38 bits per heavy atom. The lowest BCUT2D eigenvalue weighted by molar-refractivity contribution is -0.119. The largest absolute Gasteiger partial charge is 0.366 e. The van der Waals surface area contributed by atoms with E-state index in [1.807, 2.05) is 35.2 Å². The number of rotatable bonds is 3. The average Bonchev–Trinajstić information content (AvgIpc) is 2.67. The van der Waals surface area contributed by atoms with E-state index in [1.165, 1.54) is 0 Å². The second kappa shape index (κ2) is 7.41. The number of carbonyl (C=O) groups is 1. The Balaban J connectivity index is 1.85. The minimum atomic E-state index is -0.143. The Labute approximate surface area is 154 Å². The number of benzene rings is 1. The van der Waals surface area contributed by atoms with Gasteiger partial charge in [-0.1, -0.05) is 51.1 Å². The number of morpholine rings is 1. The number of anilines is 1. The first-order valence-corrected chi connectivity index (χ1v) is 8.88. The third kappa shape index (κ3) is 4.02. The molecule has 0 radical (unpaired) electrons. The van der Waals surface area contributed by atoms with E-state index in [9.17, 15) is 4.79 Å². The van der Waals surface area contributed by atoms with E-state index >= 15 is 0 Å². The van der Waals surface area contributed by atoms with Crippen molar-refractivity contribution in [2.24, 2.45) is 5.41 Å². The van der Waals surface area contributed by atoms with Gasteiger partial charge < -0.3 is 15.0 Å². The minimum absolute atomic E-state index is 0.0529. The van der Waals surface area contributed by atoms with Crippen LogP contribution in [0.25, 0.3) is 0 Å². The van der Waals surface area contributed by atoms with Gasteiger partial charge in [0.2, 0.25) is 5.95 Å². The molecule has 1 fully saturated rings. The second-order valence-electron chi connectivity index (χ2n) is 7.65. The first-order valence-electron chi connectivity index (χ1n) is 8.88. The van der Waals surface area contributed by atoms with Crippen LogP contribution in [0.15, 0.2) is 42.7 Å². The molecule has 6 heteroatoms. The molecule has 0 bridgehead atoms. The topological polar surface area (TPSA) is 67.4 Å². The van der Waals surface area contributed by atoms with E-state index in [0.29, 0.717) is 24.6 Å². The molecule has 3 rings (SSSR count). The lowest BCUT2D eigenvalue weighted by Gasteiger charge is -2.43. The normalized spacial score (nSPS) is 20.7. The maximum atomic E-state index is 13.0. The molecule has 1 N–H and O–H groups in total. The monoisotopic (exact) mass is 354 g/mol. The summed E-state index contributed by atoms with van der Waals surface area (Å²) >= 11 is 0. The lowest BCUT2D eigenvalue weighted by atomic mass is 9.87. The molecule has 1 aromatic heterocycles. The van der Waals surface area contributed by atoms with Crippen molar-refractivity contribution in [1.82, 2.24) is 14.9 Å². The molecule has 138 valence electrons.